The molecule has 0 radical (unpaired) electrons. The maximum absolute atomic E-state index is 5.23. The van der Waals surface area contributed by atoms with Crippen molar-refractivity contribution >= 4 is 33.8 Å². The summed E-state index contributed by atoms with van der Waals surface area (Å²) in [5, 5.41) is 10.7. The molecule has 0 aliphatic heterocycles. The Morgan fingerprint density at radius 2 is 1.74 bits per heavy atom. The molecule has 31 heavy (non-hydrogen) atoms. The monoisotopic (exact) mass is 426 g/mol. The summed E-state index contributed by atoms with van der Waals surface area (Å²) >= 11 is 1.59. The van der Waals surface area contributed by atoms with Crippen molar-refractivity contribution in [2.24, 2.45) is 0 Å². The molecule has 0 amide bonds. The van der Waals surface area contributed by atoms with Crippen LogP contribution in [0.4, 0.5) is 0 Å². The van der Waals surface area contributed by atoms with Crippen LogP contribution in [0.25, 0.3) is 22.1 Å². The van der Waals surface area contributed by atoms with E-state index in [-0.39, 0.29) is 0 Å². The van der Waals surface area contributed by atoms with Gasteiger partial charge in [-0.15, -0.1) is 10.2 Å². The van der Waals surface area contributed by atoms with Crippen molar-refractivity contribution in [2.45, 2.75) is 24.4 Å². The van der Waals surface area contributed by atoms with E-state index in [2.05, 4.69) is 76.3 Å². The first-order valence-electron chi connectivity index (χ1n) is 10.1. The number of hydrogen-bond donors (Lipinski definition) is 0. The van der Waals surface area contributed by atoms with E-state index >= 15 is 0 Å². The summed E-state index contributed by atoms with van der Waals surface area (Å²) in [4.78, 5) is 4.91. The fraction of sp³-hybridized carbons (Fsp3) is 0.160. The van der Waals surface area contributed by atoms with Crippen LogP contribution in [0, 0.1) is 6.92 Å². The Bertz CT molecular complexity index is 1360. The zero-order chi connectivity index (χ0) is 21.2. The minimum atomic E-state index is 0.677. The molecule has 0 saturated carbocycles. The summed E-state index contributed by atoms with van der Waals surface area (Å²) in [5.74, 6) is 1.63. The summed E-state index contributed by atoms with van der Waals surface area (Å²) in [6.45, 7) is 2.86. The maximum atomic E-state index is 5.23. The van der Waals surface area contributed by atoms with Crippen LogP contribution in [0.5, 0.6) is 5.75 Å². The molecule has 5 aromatic rings. The molecule has 154 valence electrons. The summed E-state index contributed by atoms with van der Waals surface area (Å²) in [7, 11) is 1.67. The Hall–Kier alpha value is -3.38. The average Bonchev–Trinajstić information content (AvgIpc) is 3.11. The van der Waals surface area contributed by atoms with E-state index in [0.717, 1.165) is 40.1 Å². The topological polar surface area (TPSA) is 52.8 Å². The van der Waals surface area contributed by atoms with Gasteiger partial charge in [0, 0.05) is 17.7 Å². The normalized spacial score (nSPS) is 11.3. The fourth-order valence-corrected chi connectivity index (χ4v) is 4.51. The lowest BCUT2D eigenvalue weighted by molar-refractivity contribution is 0.414. The number of methoxy groups -OCH3 is 1. The van der Waals surface area contributed by atoms with Crippen molar-refractivity contribution in [3.8, 4) is 5.75 Å². The van der Waals surface area contributed by atoms with Gasteiger partial charge in [-0.25, -0.2) is 4.98 Å². The number of benzene rings is 3. The standard InChI is InChI=1S/C25H22N4OS/c1-17-6-5-7-19(14-17)15-29-22-9-4-3-8-21(22)23-24(29)26-25(28-27-23)31-16-18-10-12-20(30-2)13-11-18/h3-14H,15-16H2,1-2H3. The molecular formula is C25H22N4OS. The predicted octanol–water partition coefficient (Wildman–Crippen LogP) is 5.64. The number of aromatic nitrogens is 4. The first-order chi connectivity index (χ1) is 15.2. The lowest BCUT2D eigenvalue weighted by Gasteiger charge is -2.08. The van der Waals surface area contributed by atoms with E-state index in [1.54, 1.807) is 18.9 Å². The number of para-hydroxylation sites is 1. The molecule has 0 N–H and O–H groups in total. The Labute approximate surface area is 185 Å². The quantitative estimate of drug-likeness (QED) is 0.329. The van der Waals surface area contributed by atoms with Crippen LogP contribution in [0.2, 0.25) is 0 Å². The molecular weight excluding hydrogens is 404 g/mol. The van der Waals surface area contributed by atoms with E-state index in [4.69, 9.17) is 9.72 Å². The van der Waals surface area contributed by atoms with Crippen molar-refractivity contribution in [3.63, 3.8) is 0 Å². The molecule has 5 rings (SSSR count). The first kappa shape index (κ1) is 19.6. The number of nitrogens with zero attached hydrogens (tertiary/aromatic N) is 4. The molecule has 0 aliphatic rings. The average molecular weight is 427 g/mol. The van der Waals surface area contributed by atoms with Gasteiger partial charge < -0.3 is 9.30 Å². The van der Waals surface area contributed by atoms with Gasteiger partial charge in [-0.3, -0.25) is 0 Å². The number of thioether (sulfide) groups is 1. The zero-order valence-electron chi connectivity index (χ0n) is 17.4. The Morgan fingerprint density at radius 1 is 0.903 bits per heavy atom. The van der Waals surface area contributed by atoms with Gasteiger partial charge >= 0.3 is 0 Å². The highest BCUT2D eigenvalue weighted by molar-refractivity contribution is 7.98. The van der Waals surface area contributed by atoms with Gasteiger partial charge in [-0.2, -0.15) is 0 Å². The highest BCUT2D eigenvalue weighted by atomic mass is 32.2. The maximum Gasteiger partial charge on any atom is 0.211 e. The summed E-state index contributed by atoms with van der Waals surface area (Å²) in [5.41, 5.74) is 6.52. The van der Waals surface area contributed by atoms with Gasteiger partial charge in [0.1, 0.15) is 11.3 Å². The number of hydrogen-bond acceptors (Lipinski definition) is 5. The molecule has 6 heteroatoms. The fourth-order valence-electron chi connectivity index (χ4n) is 3.77. The third-order valence-corrected chi connectivity index (χ3v) is 6.21. The third kappa shape index (κ3) is 3.99. The summed E-state index contributed by atoms with van der Waals surface area (Å²) < 4.78 is 7.48. The minimum Gasteiger partial charge on any atom is -0.497 e. The van der Waals surface area contributed by atoms with Gasteiger partial charge in [0.25, 0.3) is 0 Å². The SMILES string of the molecule is COc1ccc(CSc2nnc3c4ccccc4n(Cc4cccc(C)c4)c3n2)cc1. The number of ether oxygens (including phenoxy) is 1. The minimum absolute atomic E-state index is 0.677. The van der Waals surface area contributed by atoms with Crippen LogP contribution >= 0.6 is 11.8 Å². The van der Waals surface area contributed by atoms with E-state index in [0.29, 0.717) is 5.16 Å². The number of fused-ring (bicyclic) bond motifs is 3. The van der Waals surface area contributed by atoms with E-state index in [1.807, 2.05) is 18.2 Å². The largest absolute Gasteiger partial charge is 0.497 e. The highest BCUT2D eigenvalue weighted by Gasteiger charge is 2.15. The van der Waals surface area contributed by atoms with Crippen LogP contribution in [-0.2, 0) is 12.3 Å². The molecule has 0 saturated heterocycles. The molecule has 0 unspecified atom stereocenters. The molecule has 5 nitrogen and oxygen atoms in total. The lowest BCUT2D eigenvalue weighted by atomic mass is 10.1. The molecule has 0 aliphatic carbocycles. The van der Waals surface area contributed by atoms with Crippen molar-refractivity contribution in [2.75, 3.05) is 7.11 Å². The van der Waals surface area contributed by atoms with Crippen molar-refractivity contribution in [1.29, 1.82) is 0 Å². The van der Waals surface area contributed by atoms with Crippen LogP contribution in [0.1, 0.15) is 16.7 Å². The van der Waals surface area contributed by atoms with Gasteiger partial charge in [-0.1, -0.05) is 71.9 Å². The van der Waals surface area contributed by atoms with Crippen LogP contribution in [0.3, 0.4) is 0 Å². The number of aryl methyl sites for hydroxylation is 1. The molecule has 0 fully saturated rings. The smallest absolute Gasteiger partial charge is 0.211 e. The van der Waals surface area contributed by atoms with Gasteiger partial charge in [0.2, 0.25) is 5.16 Å². The van der Waals surface area contributed by atoms with Gasteiger partial charge in [-0.05, 0) is 36.2 Å². The Balaban J connectivity index is 1.51. The van der Waals surface area contributed by atoms with E-state index in [1.165, 1.54) is 16.7 Å². The van der Waals surface area contributed by atoms with Crippen molar-refractivity contribution in [3.05, 3.63) is 89.5 Å². The highest BCUT2D eigenvalue weighted by Crippen LogP contribution is 2.29. The second kappa shape index (κ2) is 8.40. The molecule has 0 spiro atoms. The van der Waals surface area contributed by atoms with Crippen LogP contribution in [0.15, 0.2) is 78.0 Å². The van der Waals surface area contributed by atoms with Crippen molar-refractivity contribution < 1.29 is 4.74 Å². The molecule has 0 atom stereocenters. The zero-order valence-corrected chi connectivity index (χ0v) is 18.3. The summed E-state index contributed by atoms with van der Waals surface area (Å²) in [6.07, 6.45) is 0. The van der Waals surface area contributed by atoms with Gasteiger partial charge in [0.05, 0.1) is 12.6 Å². The second-order valence-corrected chi connectivity index (χ2v) is 8.44. The second-order valence-electron chi connectivity index (χ2n) is 7.50. The van der Waals surface area contributed by atoms with Crippen LogP contribution < -0.4 is 4.74 Å². The Kier molecular flexibility index (Phi) is 5.30. The third-order valence-electron chi connectivity index (χ3n) is 5.30. The number of rotatable bonds is 6. The van der Waals surface area contributed by atoms with E-state index < -0.39 is 0 Å². The van der Waals surface area contributed by atoms with Crippen LogP contribution in [-0.4, -0.2) is 26.9 Å². The molecule has 2 aromatic heterocycles. The predicted molar refractivity (Wildman–Crippen MR) is 126 cm³/mol. The molecule has 2 heterocycles. The Morgan fingerprint density at radius 3 is 2.55 bits per heavy atom. The molecule has 3 aromatic carbocycles. The van der Waals surface area contributed by atoms with Crippen molar-refractivity contribution in [1.82, 2.24) is 19.7 Å². The summed E-state index contributed by atoms with van der Waals surface area (Å²) in [6, 6.07) is 25.0. The van der Waals surface area contributed by atoms with E-state index in [9.17, 15) is 0 Å². The lowest BCUT2D eigenvalue weighted by Crippen LogP contribution is -2.02. The van der Waals surface area contributed by atoms with Gasteiger partial charge in [0.15, 0.2) is 5.65 Å². The first-order valence-corrected chi connectivity index (χ1v) is 11.1. The molecule has 0 bridgehead atoms.